The molecule has 4 heteroatoms. The summed E-state index contributed by atoms with van der Waals surface area (Å²) in [6.07, 6.45) is 0.670. The number of hydrogen-bond acceptors (Lipinski definition) is 4. The molecule has 0 aliphatic rings. The normalized spacial score (nSPS) is 13.0. The predicted octanol–water partition coefficient (Wildman–Crippen LogP) is 5.71. The van der Waals surface area contributed by atoms with Gasteiger partial charge in [-0.2, -0.15) is 0 Å². The third kappa shape index (κ3) is 6.55. The second-order valence-electron chi connectivity index (χ2n) is 6.56. The van der Waals surface area contributed by atoms with Crippen LogP contribution in [0.5, 0.6) is 0 Å². The molecule has 0 aromatic heterocycles. The predicted molar refractivity (Wildman–Crippen MR) is 119 cm³/mol. The molecule has 3 rings (SSSR count). The molecule has 0 aliphatic heterocycles. The van der Waals surface area contributed by atoms with Gasteiger partial charge >= 0.3 is 0 Å². The minimum Gasteiger partial charge on any atom is -0.392 e. The van der Waals surface area contributed by atoms with Crippen LogP contribution in [-0.4, -0.2) is 22.1 Å². The molecule has 0 unspecified atom stereocenters. The van der Waals surface area contributed by atoms with Crippen molar-refractivity contribution < 1.29 is 9.90 Å². The maximum Gasteiger partial charge on any atom is 0.200 e. The highest BCUT2D eigenvalue weighted by atomic mass is 32.2. The van der Waals surface area contributed by atoms with E-state index < -0.39 is 12.0 Å². The van der Waals surface area contributed by atoms with Gasteiger partial charge < -0.3 is 5.11 Å². The molecule has 3 aromatic carbocycles. The maximum absolute atomic E-state index is 13.0. The molecular formula is C24H24O2S2. The van der Waals surface area contributed by atoms with E-state index in [4.69, 9.17) is 0 Å². The number of aryl methyl sites for hydroxylation is 1. The lowest BCUT2D eigenvalue weighted by Crippen LogP contribution is -2.29. The van der Waals surface area contributed by atoms with Crippen molar-refractivity contribution in [3.8, 4) is 0 Å². The Morgan fingerprint density at radius 3 is 1.93 bits per heavy atom. The van der Waals surface area contributed by atoms with E-state index >= 15 is 0 Å². The number of aliphatic hydroxyl groups excluding tert-OH is 1. The van der Waals surface area contributed by atoms with Crippen LogP contribution in [0.4, 0.5) is 0 Å². The molecule has 0 spiro atoms. The first kappa shape index (κ1) is 20.7. The summed E-state index contributed by atoms with van der Waals surface area (Å²) in [6.45, 7) is 0. The van der Waals surface area contributed by atoms with Gasteiger partial charge in [-0.1, -0.05) is 78.5 Å². The van der Waals surface area contributed by atoms with Gasteiger partial charge in [0.2, 0.25) is 0 Å². The fourth-order valence-electron chi connectivity index (χ4n) is 2.88. The van der Waals surface area contributed by atoms with Gasteiger partial charge in [0.1, 0.15) is 0 Å². The highest BCUT2D eigenvalue weighted by Crippen LogP contribution is 2.30. The van der Waals surface area contributed by atoms with E-state index in [1.54, 1.807) is 11.8 Å². The monoisotopic (exact) mass is 408 g/mol. The Morgan fingerprint density at radius 2 is 1.32 bits per heavy atom. The van der Waals surface area contributed by atoms with Gasteiger partial charge in [-0.3, -0.25) is 4.79 Å². The number of benzene rings is 3. The number of carbonyl (C=O) groups is 1. The minimum atomic E-state index is -0.667. The summed E-state index contributed by atoms with van der Waals surface area (Å²) in [4.78, 5) is 15.0. The van der Waals surface area contributed by atoms with E-state index in [0.717, 1.165) is 16.2 Å². The zero-order chi connectivity index (χ0) is 19.6. The van der Waals surface area contributed by atoms with E-state index in [1.807, 2.05) is 78.9 Å². The third-order valence-electron chi connectivity index (χ3n) is 4.47. The van der Waals surface area contributed by atoms with Gasteiger partial charge in [-0.15, -0.1) is 11.8 Å². The second kappa shape index (κ2) is 11.1. The molecule has 0 heterocycles. The topological polar surface area (TPSA) is 37.3 Å². The van der Waals surface area contributed by atoms with Crippen molar-refractivity contribution in [2.75, 3.05) is 5.75 Å². The highest BCUT2D eigenvalue weighted by Gasteiger charge is 2.27. The Hall–Kier alpha value is -2.01. The van der Waals surface area contributed by atoms with E-state index in [0.29, 0.717) is 12.2 Å². The summed E-state index contributed by atoms with van der Waals surface area (Å²) >= 11 is 2.85. The minimum absolute atomic E-state index is 0.0233. The van der Waals surface area contributed by atoms with Crippen LogP contribution in [0.25, 0.3) is 0 Å². The summed E-state index contributed by atoms with van der Waals surface area (Å²) in [5.41, 5.74) is 1.18. The van der Waals surface area contributed by atoms with Crippen molar-refractivity contribution in [2.24, 2.45) is 5.92 Å². The molecule has 0 amide bonds. The van der Waals surface area contributed by atoms with Gasteiger partial charge in [0.25, 0.3) is 0 Å². The molecule has 144 valence electrons. The summed E-state index contributed by atoms with van der Waals surface area (Å²) in [5, 5.41) is 10.9. The van der Waals surface area contributed by atoms with Crippen LogP contribution in [-0.2, 0) is 11.2 Å². The molecule has 28 heavy (non-hydrogen) atoms. The summed E-state index contributed by atoms with van der Waals surface area (Å²) in [6, 6.07) is 29.8. The first-order chi connectivity index (χ1) is 13.7. The van der Waals surface area contributed by atoms with Gasteiger partial charge in [0.05, 0.1) is 12.0 Å². The molecule has 1 N–H and O–H groups in total. The second-order valence-corrected chi connectivity index (χ2v) is 8.73. The molecule has 0 fully saturated rings. The van der Waals surface area contributed by atoms with Crippen molar-refractivity contribution in [2.45, 2.75) is 28.7 Å². The van der Waals surface area contributed by atoms with E-state index in [9.17, 15) is 9.90 Å². The number of thioether (sulfide) groups is 2. The summed E-state index contributed by atoms with van der Waals surface area (Å²) in [7, 11) is 0. The van der Waals surface area contributed by atoms with Crippen LogP contribution >= 0.6 is 23.5 Å². The lowest BCUT2D eigenvalue weighted by molar-refractivity contribution is -0.116. The molecule has 0 aliphatic carbocycles. The van der Waals surface area contributed by atoms with E-state index in [1.165, 1.54) is 17.3 Å². The van der Waals surface area contributed by atoms with Crippen LogP contribution in [0.1, 0.15) is 12.0 Å². The average molecular weight is 409 g/mol. The van der Waals surface area contributed by atoms with Gasteiger partial charge in [0.15, 0.2) is 5.12 Å². The van der Waals surface area contributed by atoms with Crippen LogP contribution < -0.4 is 0 Å². The largest absolute Gasteiger partial charge is 0.392 e. The number of hydrogen-bond donors (Lipinski definition) is 1. The van der Waals surface area contributed by atoms with Crippen molar-refractivity contribution in [1.29, 1.82) is 0 Å². The Balaban J connectivity index is 1.66. The van der Waals surface area contributed by atoms with Crippen molar-refractivity contribution >= 4 is 28.6 Å². The van der Waals surface area contributed by atoms with Crippen LogP contribution in [0, 0.1) is 5.92 Å². The first-order valence-electron chi connectivity index (χ1n) is 9.39. The Kier molecular flexibility index (Phi) is 8.22. The Morgan fingerprint density at radius 1 is 0.786 bits per heavy atom. The molecule has 3 aromatic rings. The van der Waals surface area contributed by atoms with Crippen molar-refractivity contribution in [3.05, 3.63) is 96.6 Å². The SMILES string of the molecule is O=C(Sc1ccccc1)[C@@H](CSc1ccccc1)[C@H](O)CCc1ccccc1. The fourth-order valence-corrected chi connectivity index (χ4v) is 5.00. The van der Waals surface area contributed by atoms with Crippen LogP contribution in [0.15, 0.2) is 101 Å². The van der Waals surface area contributed by atoms with Gasteiger partial charge in [-0.25, -0.2) is 0 Å². The lowest BCUT2D eigenvalue weighted by Gasteiger charge is -2.21. The maximum atomic E-state index is 13.0. The molecule has 0 radical (unpaired) electrons. The Labute approximate surface area is 175 Å². The van der Waals surface area contributed by atoms with Crippen LogP contribution in [0.3, 0.4) is 0 Å². The smallest absolute Gasteiger partial charge is 0.200 e. The lowest BCUT2D eigenvalue weighted by atomic mass is 9.99. The third-order valence-corrected chi connectivity index (χ3v) is 6.62. The van der Waals surface area contributed by atoms with E-state index in [-0.39, 0.29) is 5.12 Å². The van der Waals surface area contributed by atoms with E-state index in [2.05, 4.69) is 12.1 Å². The molecule has 0 saturated heterocycles. The van der Waals surface area contributed by atoms with Gasteiger partial charge in [0, 0.05) is 15.5 Å². The number of carbonyl (C=O) groups excluding carboxylic acids is 1. The standard InChI is InChI=1S/C24H24O2S2/c25-23(17-16-19-10-4-1-5-11-19)22(18-27-20-12-6-2-7-13-20)24(26)28-21-14-8-3-9-15-21/h1-15,22-23,25H,16-18H2/t22-,23+/m0/s1. The Bertz CT molecular complexity index is 838. The fraction of sp³-hybridized carbons (Fsp3) is 0.208. The average Bonchev–Trinajstić information content (AvgIpc) is 2.74. The molecule has 0 bridgehead atoms. The van der Waals surface area contributed by atoms with Crippen molar-refractivity contribution in [3.63, 3.8) is 0 Å². The molecule has 2 nitrogen and oxygen atoms in total. The molecule has 2 atom stereocenters. The quantitative estimate of drug-likeness (QED) is 0.460. The van der Waals surface area contributed by atoms with Gasteiger partial charge in [-0.05, 0) is 42.7 Å². The van der Waals surface area contributed by atoms with Crippen molar-refractivity contribution in [1.82, 2.24) is 0 Å². The first-order valence-corrected chi connectivity index (χ1v) is 11.2. The highest BCUT2D eigenvalue weighted by molar-refractivity contribution is 8.13. The number of rotatable bonds is 9. The summed E-state index contributed by atoms with van der Waals surface area (Å²) < 4.78 is 0. The molecule has 0 saturated carbocycles. The van der Waals surface area contributed by atoms with Crippen LogP contribution in [0.2, 0.25) is 0 Å². The zero-order valence-electron chi connectivity index (χ0n) is 15.6. The summed E-state index contributed by atoms with van der Waals surface area (Å²) in [5.74, 6) is 0.151. The zero-order valence-corrected chi connectivity index (χ0v) is 17.2. The number of aliphatic hydroxyl groups is 1. The molecular weight excluding hydrogens is 384 g/mol.